The monoisotopic (exact) mass is 265 g/mol. The zero-order chi connectivity index (χ0) is 14.5. The average molecular weight is 265 g/mol. The maximum atomic E-state index is 10.3. The second kappa shape index (κ2) is 6.92. The summed E-state index contributed by atoms with van der Waals surface area (Å²) in [6, 6.07) is 5.88. The molecule has 3 heteroatoms. The molecule has 2 N–H and O–H groups in total. The van der Waals surface area contributed by atoms with Gasteiger partial charge in [-0.05, 0) is 39.3 Å². The first kappa shape index (κ1) is 16.0. The van der Waals surface area contributed by atoms with Crippen LogP contribution < -0.4 is 10.1 Å². The molecule has 0 saturated heterocycles. The van der Waals surface area contributed by atoms with Crippen molar-refractivity contribution in [3.63, 3.8) is 0 Å². The van der Waals surface area contributed by atoms with Gasteiger partial charge in [0.25, 0.3) is 0 Å². The van der Waals surface area contributed by atoms with E-state index in [1.807, 2.05) is 25.1 Å². The Morgan fingerprint density at radius 3 is 2.63 bits per heavy atom. The van der Waals surface area contributed by atoms with Gasteiger partial charge in [-0.25, -0.2) is 0 Å². The van der Waals surface area contributed by atoms with Crippen LogP contribution in [0.25, 0.3) is 0 Å². The Balaban J connectivity index is 2.72. The zero-order valence-electron chi connectivity index (χ0n) is 12.8. The van der Waals surface area contributed by atoms with Crippen molar-refractivity contribution in [3.8, 4) is 5.75 Å². The summed E-state index contributed by atoms with van der Waals surface area (Å²) in [5, 5.41) is 13.8. The number of hydrogen-bond donors (Lipinski definition) is 2. The second-order valence-corrected chi connectivity index (χ2v) is 5.78. The molecular formula is C16H27NO2. The number of methoxy groups -OCH3 is 1. The molecule has 1 atom stereocenters. The number of aliphatic hydroxyl groups excluding tert-OH is 1. The molecule has 0 aliphatic rings. The van der Waals surface area contributed by atoms with Crippen molar-refractivity contribution in [2.24, 2.45) is 0 Å². The number of β-amino-alcohol motifs (C(OH)–C–C–N with tert-alkyl or cyclic N) is 1. The lowest BCUT2D eigenvalue weighted by molar-refractivity contribution is 0.155. The van der Waals surface area contributed by atoms with Crippen molar-refractivity contribution in [2.75, 3.05) is 13.7 Å². The van der Waals surface area contributed by atoms with E-state index in [1.54, 1.807) is 7.11 Å². The highest BCUT2D eigenvalue weighted by Crippen LogP contribution is 2.26. The summed E-state index contributed by atoms with van der Waals surface area (Å²) in [6.45, 7) is 9.05. The highest BCUT2D eigenvalue weighted by atomic mass is 16.5. The Morgan fingerprint density at radius 2 is 2.05 bits per heavy atom. The van der Waals surface area contributed by atoms with Gasteiger partial charge in [0.2, 0.25) is 0 Å². The highest BCUT2D eigenvalue weighted by molar-refractivity contribution is 5.38. The summed E-state index contributed by atoms with van der Waals surface area (Å²) in [4.78, 5) is 0. The molecule has 0 aliphatic carbocycles. The Labute approximate surface area is 117 Å². The van der Waals surface area contributed by atoms with E-state index in [1.165, 1.54) is 0 Å². The number of aliphatic hydroxyl groups is 1. The van der Waals surface area contributed by atoms with Crippen molar-refractivity contribution in [2.45, 2.75) is 52.2 Å². The average Bonchev–Trinajstić information content (AvgIpc) is 2.36. The van der Waals surface area contributed by atoms with E-state index in [4.69, 9.17) is 4.74 Å². The summed E-state index contributed by atoms with van der Waals surface area (Å²) in [7, 11) is 1.63. The smallest absolute Gasteiger partial charge is 0.124 e. The maximum absolute atomic E-state index is 10.3. The third-order valence-electron chi connectivity index (χ3n) is 3.39. The fourth-order valence-corrected chi connectivity index (χ4v) is 2.31. The van der Waals surface area contributed by atoms with Crippen LogP contribution in [-0.2, 0) is 0 Å². The number of hydrogen-bond acceptors (Lipinski definition) is 3. The number of rotatable bonds is 7. The molecule has 1 aromatic rings. The number of aryl methyl sites for hydroxylation is 1. The van der Waals surface area contributed by atoms with Crippen LogP contribution in [0.2, 0.25) is 0 Å². The fraction of sp³-hybridized carbons (Fsp3) is 0.625. The molecular weight excluding hydrogens is 238 g/mol. The number of ether oxygens (including phenoxy) is 1. The van der Waals surface area contributed by atoms with Crippen molar-refractivity contribution in [3.05, 3.63) is 29.3 Å². The first-order chi connectivity index (χ1) is 8.89. The van der Waals surface area contributed by atoms with Crippen LogP contribution in [0.5, 0.6) is 5.75 Å². The van der Waals surface area contributed by atoms with Crippen LogP contribution in [0.3, 0.4) is 0 Å². The van der Waals surface area contributed by atoms with E-state index < -0.39 is 6.10 Å². The van der Waals surface area contributed by atoms with Crippen LogP contribution in [0.4, 0.5) is 0 Å². The normalized spacial score (nSPS) is 13.4. The summed E-state index contributed by atoms with van der Waals surface area (Å²) < 4.78 is 5.31. The third-order valence-corrected chi connectivity index (χ3v) is 3.39. The molecule has 1 rings (SSSR count). The van der Waals surface area contributed by atoms with Crippen molar-refractivity contribution in [1.29, 1.82) is 0 Å². The SMILES string of the molecule is CCCC(C)(C)NCC(O)c1cc(C)ccc1OC. The molecule has 0 saturated carbocycles. The molecule has 3 nitrogen and oxygen atoms in total. The van der Waals surface area contributed by atoms with E-state index in [2.05, 4.69) is 26.1 Å². The van der Waals surface area contributed by atoms with E-state index in [0.29, 0.717) is 6.54 Å². The van der Waals surface area contributed by atoms with E-state index in [9.17, 15) is 5.11 Å². The van der Waals surface area contributed by atoms with Gasteiger partial charge in [0.05, 0.1) is 13.2 Å². The third kappa shape index (κ3) is 4.84. The lowest BCUT2D eigenvalue weighted by Crippen LogP contribution is -2.41. The van der Waals surface area contributed by atoms with Crippen LogP contribution in [0.15, 0.2) is 18.2 Å². The van der Waals surface area contributed by atoms with Gasteiger partial charge in [-0.15, -0.1) is 0 Å². The predicted octanol–water partition coefficient (Wildman–Crippen LogP) is 3.21. The van der Waals surface area contributed by atoms with Gasteiger partial charge >= 0.3 is 0 Å². The van der Waals surface area contributed by atoms with Gasteiger partial charge in [0.1, 0.15) is 5.75 Å². The molecule has 0 heterocycles. The van der Waals surface area contributed by atoms with Crippen LogP contribution in [-0.4, -0.2) is 24.3 Å². The molecule has 19 heavy (non-hydrogen) atoms. The second-order valence-electron chi connectivity index (χ2n) is 5.78. The summed E-state index contributed by atoms with van der Waals surface area (Å²) in [6.07, 6.45) is 1.67. The first-order valence-corrected chi connectivity index (χ1v) is 6.97. The Bertz CT molecular complexity index is 402. The minimum atomic E-state index is -0.550. The fourth-order valence-electron chi connectivity index (χ4n) is 2.31. The molecule has 1 unspecified atom stereocenters. The van der Waals surface area contributed by atoms with Gasteiger partial charge in [-0.3, -0.25) is 0 Å². The molecule has 0 aliphatic heterocycles. The van der Waals surface area contributed by atoms with Gasteiger partial charge in [-0.2, -0.15) is 0 Å². The predicted molar refractivity (Wildman–Crippen MR) is 79.7 cm³/mol. The number of benzene rings is 1. The van der Waals surface area contributed by atoms with Crippen molar-refractivity contribution in [1.82, 2.24) is 5.32 Å². The van der Waals surface area contributed by atoms with Gasteiger partial charge < -0.3 is 15.2 Å². The lowest BCUT2D eigenvalue weighted by atomic mass is 9.98. The van der Waals surface area contributed by atoms with Gasteiger partial charge in [0.15, 0.2) is 0 Å². The standard InChI is InChI=1S/C16H27NO2/c1-6-9-16(3,4)17-11-14(18)13-10-12(2)7-8-15(13)19-5/h7-8,10,14,17-18H,6,9,11H2,1-5H3. The molecule has 0 aromatic heterocycles. The molecule has 0 fully saturated rings. The molecule has 0 bridgehead atoms. The Hall–Kier alpha value is -1.06. The van der Waals surface area contributed by atoms with Crippen LogP contribution in [0, 0.1) is 6.92 Å². The Kier molecular flexibility index (Phi) is 5.83. The van der Waals surface area contributed by atoms with Crippen LogP contribution in [0.1, 0.15) is 50.8 Å². The van der Waals surface area contributed by atoms with Crippen LogP contribution >= 0.6 is 0 Å². The molecule has 0 radical (unpaired) electrons. The molecule has 0 amide bonds. The maximum Gasteiger partial charge on any atom is 0.124 e. The first-order valence-electron chi connectivity index (χ1n) is 6.97. The summed E-state index contributed by atoms with van der Waals surface area (Å²) >= 11 is 0. The zero-order valence-corrected chi connectivity index (χ0v) is 12.8. The highest BCUT2D eigenvalue weighted by Gasteiger charge is 2.19. The molecule has 108 valence electrons. The quantitative estimate of drug-likeness (QED) is 0.795. The molecule has 1 aromatic carbocycles. The topological polar surface area (TPSA) is 41.5 Å². The van der Waals surface area contributed by atoms with Crippen molar-refractivity contribution >= 4 is 0 Å². The Morgan fingerprint density at radius 1 is 1.37 bits per heavy atom. The van der Waals surface area contributed by atoms with E-state index in [0.717, 1.165) is 29.7 Å². The van der Waals surface area contributed by atoms with E-state index >= 15 is 0 Å². The molecule has 0 spiro atoms. The largest absolute Gasteiger partial charge is 0.496 e. The summed E-state index contributed by atoms with van der Waals surface area (Å²) in [5.41, 5.74) is 2.03. The van der Waals surface area contributed by atoms with Gasteiger partial charge in [-0.1, -0.05) is 25.0 Å². The minimum absolute atomic E-state index is 0.0484. The summed E-state index contributed by atoms with van der Waals surface area (Å²) in [5.74, 6) is 0.744. The van der Waals surface area contributed by atoms with Crippen molar-refractivity contribution < 1.29 is 9.84 Å². The van der Waals surface area contributed by atoms with Gasteiger partial charge in [0, 0.05) is 17.6 Å². The van der Waals surface area contributed by atoms with E-state index in [-0.39, 0.29) is 5.54 Å². The number of nitrogens with one attached hydrogen (secondary N) is 1. The minimum Gasteiger partial charge on any atom is -0.496 e. The lowest BCUT2D eigenvalue weighted by Gasteiger charge is -2.28.